The van der Waals surface area contributed by atoms with E-state index in [0.29, 0.717) is 16.7 Å². The van der Waals surface area contributed by atoms with Gasteiger partial charge in [-0.2, -0.15) is 0 Å². The van der Waals surface area contributed by atoms with Gasteiger partial charge in [0, 0.05) is 69.0 Å². The Bertz CT molecular complexity index is 4530. The van der Waals surface area contributed by atoms with Crippen LogP contribution in [0.1, 0.15) is 27.7 Å². The van der Waals surface area contributed by atoms with Crippen LogP contribution in [0, 0.1) is 0 Å². The standard InChI is InChI=1S/C34H27BN2O3S.C28H15ClN2OS/c1-33(2)34(3,4)40-35(39-33)22-15-17-26-25(19-22)23-16-14-21(18-27(23)38-26)32-36-29(20-10-6-5-7-11-20)31-30(37-32)24-12-8-9-13-28(24)41-31;29-18-11-13-22-21(15-18)19-12-10-17(14-23(19)32-22)28-30-25(16-6-2-1-3-7-16)27-26(31-28)20-8-4-5-9-24(20)33-27/h5-19H,1-4H3;1-15H. The number of aromatic nitrogens is 4. The zero-order chi connectivity index (χ0) is 49.9. The first kappa shape index (κ1) is 44.9. The van der Waals surface area contributed by atoms with E-state index in [0.717, 1.165) is 114 Å². The maximum atomic E-state index is 6.34. The summed E-state index contributed by atoms with van der Waals surface area (Å²) in [6.07, 6.45) is 0. The van der Waals surface area contributed by atoms with E-state index in [2.05, 4.69) is 143 Å². The van der Waals surface area contributed by atoms with Gasteiger partial charge in [0.2, 0.25) is 0 Å². The topological polar surface area (TPSA) is 96.3 Å². The van der Waals surface area contributed by atoms with Crippen LogP contribution in [-0.4, -0.2) is 38.3 Å². The number of hydrogen-bond donors (Lipinski definition) is 0. The predicted octanol–water partition coefficient (Wildman–Crippen LogP) is 17.1. The summed E-state index contributed by atoms with van der Waals surface area (Å²) >= 11 is 9.69. The monoisotopic (exact) mass is 1020 g/mol. The molecule has 7 heterocycles. The van der Waals surface area contributed by atoms with Crippen molar-refractivity contribution in [2.24, 2.45) is 0 Å². The number of benzene rings is 8. The van der Waals surface area contributed by atoms with E-state index >= 15 is 0 Å². The van der Waals surface area contributed by atoms with Gasteiger partial charge in [-0.25, -0.2) is 19.9 Å². The van der Waals surface area contributed by atoms with Gasteiger partial charge in [-0.05, 0) is 93.8 Å². The van der Waals surface area contributed by atoms with Crippen molar-refractivity contribution in [3.63, 3.8) is 0 Å². The van der Waals surface area contributed by atoms with Gasteiger partial charge < -0.3 is 18.1 Å². The number of halogens is 1. The van der Waals surface area contributed by atoms with E-state index < -0.39 is 18.3 Å². The third-order valence-corrected chi connectivity index (χ3v) is 17.1. The Balaban J connectivity index is 0.000000140. The van der Waals surface area contributed by atoms with E-state index in [9.17, 15) is 0 Å². The van der Waals surface area contributed by atoms with Crippen LogP contribution in [0.4, 0.5) is 0 Å². The lowest BCUT2D eigenvalue weighted by atomic mass is 9.78. The molecule has 15 rings (SSSR count). The molecule has 0 N–H and O–H groups in total. The average molecular weight is 1020 g/mol. The molecule has 356 valence electrons. The molecular formula is C62H42BClN4O4S2. The van der Waals surface area contributed by atoms with Crippen LogP contribution < -0.4 is 5.46 Å². The second-order valence-corrected chi connectivity index (χ2v) is 22.2. The normalized spacial score (nSPS) is 14.4. The minimum atomic E-state index is -0.425. The lowest BCUT2D eigenvalue weighted by Crippen LogP contribution is -2.41. The molecule has 1 aliphatic rings. The molecule has 0 bridgehead atoms. The van der Waals surface area contributed by atoms with Crippen molar-refractivity contribution in [2.45, 2.75) is 38.9 Å². The van der Waals surface area contributed by atoms with Gasteiger partial charge in [0.25, 0.3) is 0 Å². The summed E-state index contributed by atoms with van der Waals surface area (Å²) in [5, 5.41) is 7.10. The fourth-order valence-corrected chi connectivity index (χ4v) is 12.5. The highest BCUT2D eigenvalue weighted by atomic mass is 35.5. The lowest BCUT2D eigenvalue weighted by molar-refractivity contribution is 0.00578. The summed E-state index contributed by atoms with van der Waals surface area (Å²) in [6, 6.07) is 61.7. The van der Waals surface area contributed by atoms with Crippen molar-refractivity contribution in [3.05, 3.63) is 187 Å². The number of rotatable bonds is 5. The molecule has 0 spiro atoms. The highest BCUT2D eigenvalue weighted by Crippen LogP contribution is 2.43. The first-order valence-electron chi connectivity index (χ1n) is 24.5. The van der Waals surface area contributed by atoms with Crippen molar-refractivity contribution < 1.29 is 18.1 Å². The zero-order valence-corrected chi connectivity index (χ0v) is 42.9. The Labute approximate surface area is 438 Å². The lowest BCUT2D eigenvalue weighted by Gasteiger charge is -2.32. The van der Waals surface area contributed by atoms with Gasteiger partial charge in [0.05, 0.1) is 43.0 Å². The summed E-state index contributed by atoms with van der Waals surface area (Å²) in [5.74, 6) is 1.37. The molecule has 14 aromatic rings. The second-order valence-electron chi connectivity index (χ2n) is 19.7. The fraction of sp³-hybridized carbons (Fsp3) is 0.0968. The summed E-state index contributed by atoms with van der Waals surface area (Å²) in [5.41, 5.74) is 11.3. The zero-order valence-electron chi connectivity index (χ0n) is 40.5. The molecule has 74 heavy (non-hydrogen) atoms. The van der Waals surface area contributed by atoms with Crippen LogP contribution in [0.15, 0.2) is 191 Å². The van der Waals surface area contributed by atoms with Crippen LogP contribution in [0.5, 0.6) is 0 Å². The van der Waals surface area contributed by atoms with Crippen LogP contribution in [0.2, 0.25) is 5.02 Å². The molecule has 12 heteroatoms. The molecule has 0 aliphatic carbocycles. The molecule has 1 saturated heterocycles. The quantitative estimate of drug-likeness (QED) is 0.157. The molecule has 0 radical (unpaired) electrons. The van der Waals surface area contributed by atoms with E-state index in [4.69, 9.17) is 49.7 Å². The van der Waals surface area contributed by atoms with Gasteiger partial charge in [-0.1, -0.05) is 133 Å². The van der Waals surface area contributed by atoms with Crippen molar-refractivity contribution in [3.8, 4) is 45.3 Å². The third kappa shape index (κ3) is 7.49. The Morgan fingerprint density at radius 1 is 0.405 bits per heavy atom. The van der Waals surface area contributed by atoms with Gasteiger partial charge in [0.1, 0.15) is 22.3 Å². The number of fused-ring (bicyclic) bond motifs is 12. The number of nitrogens with zero attached hydrogens (tertiary/aromatic N) is 4. The molecule has 8 nitrogen and oxygen atoms in total. The minimum Gasteiger partial charge on any atom is -0.456 e. The number of hydrogen-bond acceptors (Lipinski definition) is 10. The fourth-order valence-electron chi connectivity index (χ4n) is 9.97. The van der Waals surface area contributed by atoms with Crippen LogP contribution in [-0.2, 0) is 9.31 Å². The highest BCUT2D eigenvalue weighted by Gasteiger charge is 2.51. The molecule has 0 atom stereocenters. The van der Waals surface area contributed by atoms with E-state index in [-0.39, 0.29) is 0 Å². The predicted molar refractivity (Wildman–Crippen MR) is 307 cm³/mol. The Morgan fingerprint density at radius 3 is 1.38 bits per heavy atom. The minimum absolute atomic E-state index is 0.395. The Kier molecular flexibility index (Phi) is 10.4. The average Bonchev–Trinajstić information content (AvgIpc) is 4.23. The maximum Gasteiger partial charge on any atom is 0.494 e. The molecule has 0 unspecified atom stereocenters. The Morgan fingerprint density at radius 2 is 0.865 bits per heavy atom. The molecular weight excluding hydrogens is 975 g/mol. The van der Waals surface area contributed by atoms with E-state index in [1.54, 1.807) is 22.7 Å². The van der Waals surface area contributed by atoms with E-state index in [1.165, 1.54) is 9.40 Å². The van der Waals surface area contributed by atoms with Gasteiger partial charge in [-0.3, -0.25) is 0 Å². The largest absolute Gasteiger partial charge is 0.494 e. The van der Waals surface area contributed by atoms with Crippen molar-refractivity contribution >= 4 is 131 Å². The SMILES string of the molecule is CC1(C)OB(c2ccc3oc4cc(-c5nc(-c6ccccc6)c6sc7ccccc7c6n5)ccc4c3c2)OC1(C)C.Clc1ccc2oc3cc(-c4nc(-c5ccccc5)c5sc6ccccc6c5n4)ccc3c2c1. The van der Waals surface area contributed by atoms with E-state index in [1.807, 2.05) is 66.7 Å². The third-order valence-electron chi connectivity index (χ3n) is 14.5. The smallest absolute Gasteiger partial charge is 0.456 e. The Hall–Kier alpha value is -7.77. The molecule has 1 aliphatic heterocycles. The summed E-state index contributed by atoms with van der Waals surface area (Å²) in [7, 11) is -0.425. The number of furan rings is 2. The van der Waals surface area contributed by atoms with Crippen LogP contribution in [0.3, 0.4) is 0 Å². The second kappa shape index (κ2) is 17.2. The molecule has 0 amide bonds. The van der Waals surface area contributed by atoms with Crippen LogP contribution >= 0.6 is 34.3 Å². The van der Waals surface area contributed by atoms with Crippen molar-refractivity contribution in [1.82, 2.24) is 19.9 Å². The summed E-state index contributed by atoms with van der Waals surface area (Å²) in [4.78, 5) is 20.3. The van der Waals surface area contributed by atoms with Gasteiger partial charge >= 0.3 is 7.12 Å². The first-order chi connectivity index (χ1) is 36.0. The van der Waals surface area contributed by atoms with Crippen molar-refractivity contribution in [1.29, 1.82) is 0 Å². The van der Waals surface area contributed by atoms with Gasteiger partial charge in [-0.15, -0.1) is 22.7 Å². The van der Waals surface area contributed by atoms with Crippen molar-refractivity contribution in [2.75, 3.05) is 0 Å². The summed E-state index contributed by atoms with van der Waals surface area (Å²) in [6.45, 7) is 8.29. The van der Waals surface area contributed by atoms with Gasteiger partial charge in [0.15, 0.2) is 11.6 Å². The highest BCUT2D eigenvalue weighted by molar-refractivity contribution is 7.26. The summed E-state index contributed by atoms with van der Waals surface area (Å²) < 4.78 is 29.7. The molecule has 1 fully saturated rings. The number of thiophene rings is 2. The maximum absolute atomic E-state index is 6.34. The molecule has 8 aromatic carbocycles. The molecule has 0 saturated carbocycles. The van der Waals surface area contributed by atoms with Crippen LogP contribution in [0.25, 0.3) is 130 Å². The first-order valence-corrected chi connectivity index (χ1v) is 26.5. The molecule has 6 aromatic heterocycles.